The minimum atomic E-state index is -0.249. The summed E-state index contributed by atoms with van der Waals surface area (Å²) >= 11 is 0. The van der Waals surface area contributed by atoms with E-state index in [-0.39, 0.29) is 5.91 Å². The zero-order valence-electron chi connectivity index (χ0n) is 10.3. The smallest absolute Gasteiger partial charge is 0.272 e. The Labute approximate surface area is 105 Å². The monoisotopic (exact) mass is 245 g/mol. The number of anilines is 1. The summed E-state index contributed by atoms with van der Waals surface area (Å²) in [6, 6.07) is 5.54. The molecule has 0 aliphatic carbocycles. The first-order valence-electron chi connectivity index (χ1n) is 5.56. The van der Waals surface area contributed by atoms with Gasteiger partial charge in [-0.2, -0.15) is 5.10 Å². The molecule has 6 nitrogen and oxygen atoms in total. The largest absolute Gasteiger partial charge is 0.395 e. The molecule has 6 heteroatoms. The maximum absolute atomic E-state index is 12.0. The second-order valence-electron chi connectivity index (χ2n) is 3.98. The van der Waals surface area contributed by atoms with Crippen LogP contribution in [0.15, 0.2) is 24.4 Å². The van der Waals surface area contributed by atoms with E-state index >= 15 is 0 Å². The molecule has 94 valence electrons. The predicted octanol–water partition coefficient (Wildman–Crippen LogP) is 0.636. The lowest BCUT2D eigenvalue weighted by Crippen LogP contribution is -2.26. The van der Waals surface area contributed by atoms with E-state index in [1.807, 2.05) is 18.2 Å². The maximum atomic E-state index is 12.0. The Kier molecular flexibility index (Phi) is 3.27. The fourth-order valence-electron chi connectivity index (χ4n) is 1.70. The van der Waals surface area contributed by atoms with Gasteiger partial charge in [-0.3, -0.25) is 14.5 Å². The van der Waals surface area contributed by atoms with E-state index < -0.39 is 0 Å². The van der Waals surface area contributed by atoms with Gasteiger partial charge in [0.15, 0.2) is 0 Å². The van der Waals surface area contributed by atoms with Gasteiger partial charge in [0.2, 0.25) is 0 Å². The van der Waals surface area contributed by atoms with Crippen LogP contribution >= 0.6 is 0 Å². The molecule has 0 unspecified atom stereocenters. The molecule has 0 radical (unpaired) electrons. The molecule has 3 N–H and O–H groups in total. The van der Waals surface area contributed by atoms with Gasteiger partial charge in [-0.25, -0.2) is 0 Å². The summed E-state index contributed by atoms with van der Waals surface area (Å²) in [6.45, 7) is 2.13. The number of pyridine rings is 1. The number of hydrogen-bond acceptors (Lipinski definition) is 4. The Balaban J connectivity index is 2.09. The van der Waals surface area contributed by atoms with Crippen LogP contribution in [0.1, 0.15) is 21.9 Å². The van der Waals surface area contributed by atoms with Gasteiger partial charge in [0, 0.05) is 13.2 Å². The average Bonchev–Trinajstić information content (AvgIpc) is 2.62. The van der Waals surface area contributed by atoms with Crippen molar-refractivity contribution in [1.82, 2.24) is 20.1 Å². The van der Waals surface area contributed by atoms with Crippen LogP contribution in [-0.2, 0) is 13.6 Å². The second-order valence-corrected chi connectivity index (χ2v) is 3.98. The standard InChI is InChI=1S/C12H15N5O/c1-8-10(13)11(17(2)16-8)12(18)15-7-9-5-3-4-6-14-9/h3-6H,7,13H2,1-2H3,(H,15,18). The number of nitrogen functional groups attached to an aromatic ring is 1. The molecule has 2 rings (SSSR count). The van der Waals surface area contributed by atoms with Crippen molar-refractivity contribution in [1.29, 1.82) is 0 Å². The van der Waals surface area contributed by atoms with Crippen molar-refractivity contribution < 1.29 is 4.79 Å². The molecule has 0 aliphatic rings. The number of nitrogens with one attached hydrogen (secondary N) is 1. The fraction of sp³-hybridized carbons (Fsp3) is 0.250. The lowest BCUT2D eigenvalue weighted by Gasteiger charge is -2.05. The number of carbonyl (C=O) groups is 1. The molecule has 0 atom stereocenters. The lowest BCUT2D eigenvalue weighted by atomic mass is 10.3. The number of aryl methyl sites for hydroxylation is 2. The van der Waals surface area contributed by atoms with Crippen LogP contribution in [0.5, 0.6) is 0 Å². The third kappa shape index (κ3) is 2.32. The lowest BCUT2D eigenvalue weighted by molar-refractivity contribution is 0.0942. The van der Waals surface area contributed by atoms with Gasteiger partial charge in [-0.15, -0.1) is 0 Å². The van der Waals surface area contributed by atoms with E-state index in [1.54, 1.807) is 20.2 Å². The van der Waals surface area contributed by atoms with Gasteiger partial charge in [-0.1, -0.05) is 6.07 Å². The summed E-state index contributed by atoms with van der Waals surface area (Å²) in [5.74, 6) is -0.249. The first kappa shape index (κ1) is 12.1. The molecule has 0 saturated heterocycles. The maximum Gasteiger partial charge on any atom is 0.272 e. The summed E-state index contributed by atoms with van der Waals surface area (Å²) in [4.78, 5) is 16.1. The van der Waals surface area contributed by atoms with Gasteiger partial charge in [0.1, 0.15) is 5.69 Å². The molecule has 2 aromatic heterocycles. The summed E-state index contributed by atoms with van der Waals surface area (Å²) < 4.78 is 1.48. The molecular formula is C12H15N5O. The molecular weight excluding hydrogens is 230 g/mol. The topological polar surface area (TPSA) is 85.8 Å². The van der Waals surface area contributed by atoms with Gasteiger partial charge in [-0.05, 0) is 19.1 Å². The Morgan fingerprint density at radius 3 is 2.83 bits per heavy atom. The second kappa shape index (κ2) is 4.87. The number of aromatic nitrogens is 3. The first-order valence-corrected chi connectivity index (χ1v) is 5.56. The molecule has 0 aliphatic heterocycles. The van der Waals surface area contributed by atoms with Crippen LogP contribution in [0, 0.1) is 6.92 Å². The molecule has 0 spiro atoms. The van der Waals surface area contributed by atoms with Crippen LogP contribution in [0.3, 0.4) is 0 Å². The third-order valence-corrected chi connectivity index (χ3v) is 2.64. The van der Waals surface area contributed by atoms with Crippen LogP contribution < -0.4 is 11.1 Å². The first-order chi connectivity index (χ1) is 8.59. The van der Waals surface area contributed by atoms with E-state index in [0.717, 1.165) is 5.69 Å². The highest BCUT2D eigenvalue weighted by atomic mass is 16.2. The van der Waals surface area contributed by atoms with E-state index in [1.165, 1.54) is 4.68 Å². The highest BCUT2D eigenvalue weighted by molar-refractivity contribution is 5.97. The zero-order valence-corrected chi connectivity index (χ0v) is 10.3. The highest BCUT2D eigenvalue weighted by Gasteiger charge is 2.17. The Morgan fingerprint density at radius 1 is 1.50 bits per heavy atom. The quantitative estimate of drug-likeness (QED) is 0.830. The summed E-state index contributed by atoms with van der Waals surface area (Å²) in [5, 5.41) is 6.87. The Morgan fingerprint density at radius 2 is 2.28 bits per heavy atom. The van der Waals surface area contributed by atoms with Crippen LogP contribution in [-0.4, -0.2) is 20.7 Å². The summed E-state index contributed by atoms with van der Waals surface area (Å²) in [5.41, 5.74) is 8.05. The van der Waals surface area contributed by atoms with Crippen molar-refractivity contribution in [3.05, 3.63) is 41.5 Å². The van der Waals surface area contributed by atoms with Crippen LogP contribution in [0.25, 0.3) is 0 Å². The van der Waals surface area contributed by atoms with E-state index in [4.69, 9.17) is 5.73 Å². The van der Waals surface area contributed by atoms with Gasteiger partial charge >= 0.3 is 0 Å². The number of hydrogen-bond donors (Lipinski definition) is 2. The van der Waals surface area contributed by atoms with E-state index in [9.17, 15) is 4.79 Å². The van der Waals surface area contributed by atoms with Gasteiger partial charge < -0.3 is 11.1 Å². The molecule has 18 heavy (non-hydrogen) atoms. The molecule has 0 fully saturated rings. The van der Waals surface area contributed by atoms with Crippen molar-refractivity contribution in [3.63, 3.8) is 0 Å². The van der Waals surface area contributed by atoms with Crippen molar-refractivity contribution in [2.24, 2.45) is 7.05 Å². The van der Waals surface area contributed by atoms with Gasteiger partial charge in [0.25, 0.3) is 5.91 Å². The third-order valence-electron chi connectivity index (χ3n) is 2.64. The number of rotatable bonds is 3. The normalized spacial score (nSPS) is 10.3. The Bertz CT molecular complexity index is 561. The number of nitrogens with zero attached hydrogens (tertiary/aromatic N) is 3. The van der Waals surface area contributed by atoms with Gasteiger partial charge in [0.05, 0.1) is 23.6 Å². The van der Waals surface area contributed by atoms with E-state index in [0.29, 0.717) is 23.6 Å². The highest BCUT2D eigenvalue weighted by Crippen LogP contribution is 2.14. The molecule has 2 heterocycles. The van der Waals surface area contributed by atoms with Crippen molar-refractivity contribution >= 4 is 11.6 Å². The summed E-state index contributed by atoms with van der Waals surface area (Å²) in [7, 11) is 1.69. The molecule has 0 bridgehead atoms. The fourth-order valence-corrected chi connectivity index (χ4v) is 1.70. The average molecular weight is 245 g/mol. The number of amides is 1. The minimum Gasteiger partial charge on any atom is -0.395 e. The molecule has 1 amide bonds. The summed E-state index contributed by atoms with van der Waals surface area (Å²) in [6.07, 6.45) is 1.68. The van der Waals surface area contributed by atoms with Crippen LogP contribution in [0.4, 0.5) is 5.69 Å². The molecule has 0 saturated carbocycles. The minimum absolute atomic E-state index is 0.249. The van der Waals surface area contributed by atoms with E-state index in [2.05, 4.69) is 15.4 Å². The zero-order chi connectivity index (χ0) is 13.1. The van der Waals surface area contributed by atoms with Crippen molar-refractivity contribution in [2.45, 2.75) is 13.5 Å². The number of carbonyl (C=O) groups excluding carboxylic acids is 1. The Hall–Kier alpha value is -2.37. The number of nitrogens with two attached hydrogens (primary N) is 1. The predicted molar refractivity (Wildman–Crippen MR) is 67.8 cm³/mol. The molecule has 2 aromatic rings. The SMILES string of the molecule is Cc1nn(C)c(C(=O)NCc2ccccn2)c1N. The van der Waals surface area contributed by atoms with Crippen molar-refractivity contribution in [3.8, 4) is 0 Å². The van der Waals surface area contributed by atoms with Crippen molar-refractivity contribution in [2.75, 3.05) is 5.73 Å². The van der Waals surface area contributed by atoms with Crippen LogP contribution in [0.2, 0.25) is 0 Å². The molecule has 0 aromatic carbocycles.